The van der Waals surface area contributed by atoms with Crippen molar-refractivity contribution in [3.8, 4) is 0 Å². The number of aromatic amines is 1. The Labute approximate surface area is 86.9 Å². The van der Waals surface area contributed by atoms with E-state index in [1.807, 2.05) is 0 Å². The molecule has 6 heteroatoms. The van der Waals surface area contributed by atoms with Crippen molar-refractivity contribution in [3.05, 3.63) is 22.2 Å². The molecular formula is C9H14N4O2. The van der Waals surface area contributed by atoms with Crippen LogP contribution in [0.4, 0.5) is 5.82 Å². The normalized spacial score (nSPS) is 9.93. The first-order valence-electron chi connectivity index (χ1n) is 4.68. The van der Waals surface area contributed by atoms with Crippen LogP contribution in [0.5, 0.6) is 0 Å². The summed E-state index contributed by atoms with van der Waals surface area (Å²) in [5, 5.41) is 2.94. The summed E-state index contributed by atoms with van der Waals surface area (Å²) in [7, 11) is 0. The van der Waals surface area contributed by atoms with Crippen molar-refractivity contribution in [2.45, 2.75) is 19.8 Å². The maximum atomic E-state index is 11.0. The molecule has 0 aliphatic rings. The predicted molar refractivity (Wildman–Crippen MR) is 56.5 cm³/mol. The van der Waals surface area contributed by atoms with Gasteiger partial charge in [0.1, 0.15) is 11.6 Å². The van der Waals surface area contributed by atoms with Crippen molar-refractivity contribution in [2.24, 2.45) is 5.73 Å². The molecule has 0 aromatic carbocycles. The molecule has 1 rings (SSSR count). The molecule has 0 atom stereocenters. The minimum absolute atomic E-state index is 0.195. The van der Waals surface area contributed by atoms with Crippen molar-refractivity contribution in [2.75, 3.05) is 11.9 Å². The van der Waals surface area contributed by atoms with Crippen LogP contribution in [0.15, 0.2) is 10.9 Å². The second kappa shape index (κ2) is 5.14. The highest BCUT2D eigenvalue weighted by atomic mass is 16.1. The van der Waals surface area contributed by atoms with Crippen LogP contribution in [0.3, 0.4) is 0 Å². The summed E-state index contributed by atoms with van der Waals surface area (Å²) in [5.74, 6) is 0.743. The predicted octanol–water partition coefficient (Wildman–Crippen LogP) is -0.244. The quantitative estimate of drug-likeness (QED) is 0.583. The molecule has 0 fully saturated rings. The Morgan fingerprint density at radius 2 is 2.40 bits per heavy atom. The van der Waals surface area contributed by atoms with Crippen LogP contribution in [0.2, 0.25) is 0 Å². The molecule has 0 spiro atoms. The van der Waals surface area contributed by atoms with Crippen LogP contribution in [-0.4, -0.2) is 22.4 Å². The minimum Gasteiger partial charge on any atom is -0.370 e. The molecule has 1 heterocycles. The van der Waals surface area contributed by atoms with Gasteiger partial charge in [-0.3, -0.25) is 9.59 Å². The number of nitrogens with one attached hydrogen (secondary N) is 2. The van der Waals surface area contributed by atoms with Crippen LogP contribution >= 0.6 is 0 Å². The van der Waals surface area contributed by atoms with E-state index in [0.29, 0.717) is 31.0 Å². The lowest BCUT2D eigenvalue weighted by Gasteiger charge is -2.04. The average Bonchev–Trinajstić information content (AvgIpc) is 2.10. The number of hydrogen-bond donors (Lipinski definition) is 3. The van der Waals surface area contributed by atoms with E-state index >= 15 is 0 Å². The topological polar surface area (TPSA) is 101 Å². The largest absolute Gasteiger partial charge is 0.370 e. The Bertz CT molecular complexity index is 399. The summed E-state index contributed by atoms with van der Waals surface area (Å²) < 4.78 is 0. The minimum atomic E-state index is -0.327. The first-order valence-corrected chi connectivity index (χ1v) is 4.68. The van der Waals surface area contributed by atoms with Crippen molar-refractivity contribution in [1.82, 2.24) is 9.97 Å². The number of nitrogens with two attached hydrogens (primary N) is 1. The van der Waals surface area contributed by atoms with Crippen LogP contribution in [0, 0.1) is 6.92 Å². The molecule has 0 aliphatic heterocycles. The lowest BCUT2D eigenvalue weighted by atomic mass is 10.3. The van der Waals surface area contributed by atoms with Gasteiger partial charge in [0.2, 0.25) is 5.91 Å². The summed E-state index contributed by atoms with van der Waals surface area (Å²) in [5.41, 5.74) is 4.79. The maximum absolute atomic E-state index is 11.0. The Morgan fingerprint density at radius 1 is 1.67 bits per heavy atom. The smallest absolute Gasteiger partial charge is 0.252 e. The summed E-state index contributed by atoms with van der Waals surface area (Å²) in [6.45, 7) is 2.27. The molecule has 0 radical (unpaired) electrons. The maximum Gasteiger partial charge on any atom is 0.252 e. The zero-order chi connectivity index (χ0) is 11.3. The summed E-state index contributed by atoms with van der Waals surface area (Å²) in [6.07, 6.45) is 0.956. The Hall–Kier alpha value is -1.85. The van der Waals surface area contributed by atoms with Crippen molar-refractivity contribution in [1.29, 1.82) is 0 Å². The standard InChI is InChI=1S/C9H14N4O2/c1-6-12-8(5-9(15)13-6)11-4-2-3-7(10)14/h5H,2-4H2,1H3,(H2,10,14)(H2,11,12,13,15). The van der Waals surface area contributed by atoms with Crippen molar-refractivity contribution < 1.29 is 4.79 Å². The second-order valence-corrected chi connectivity index (χ2v) is 3.21. The number of nitrogens with zero attached hydrogens (tertiary/aromatic N) is 1. The third-order valence-electron chi connectivity index (χ3n) is 1.77. The monoisotopic (exact) mass is 210 g/mol. The van der Waals surface area contributed by atoms with Gasteiger partial charge in [-0.25, -0.2) is 4.98 Å². The van der Waals surface area contributed by atoms with E-state index in [4.69, 9.17) is 5.73 Å². The summed E-state index contributed by atoms with van der Waals surface area (Å²) in [4.78, 5) is 28.1. The van der Waals surface area contributed by atoms with Crippen LogP contribution in [0.1, 0.15) is 18.7 Å². The fourth-order valence-electron chi connectivity index (χ4n) is 1.15. The van der Waals surface area contributed by atoms with E-state index in [9.17, 15) is 9.59 Å². The number of rotatable bonds is 5. The van der Waals surface area contributed by atoms with Gasteiger partial charge in [0.25, 0.3) is 5.56 Å². The number of H-pyrrole nitrogens is 1. The number of anilines is 1. The van der Waals surface area contributed by atoms with Crippen molar-refractivity contribution >= 4 is 11.7 Å². The molecular weight excluding hydrogens is 196 g/mol. The molecule has 0 saturated carbocycles. The van der Waals surface area contributed by atoms with E-state index in [-0.39, 0.29) is 11.5 Å². The summed E-state index contributed by atoms with van der Waals surface area (Å²) in [6, 6.07) is 1.37. The van der Waals surface area contributed by atoms with Gasteiger partial charge >= 0.3 is 0 Å². The zero-order valence-electron chi connectivity index (χ0n) is 8.54. The van der Waals surface area contributed by atoms with Crippen molar-refractivity contribution in [3.63, 3.8) is 0 Å². The summed E-state index contributed by atoms with van der Waals surface area (Å²) >= 11 is 0. The van der Waals surface area contributed by atoms with Crippen LogP contribution in [0.25, 0.3) is 0 Å². The van der Waals surface area contributed by atoms with E-state index < -0.39 is 0 Å². The molecule has 0 unspecified atom stereocenters. The zero-order valence-corrected chi connectivity index (χ0v) is 8.54. The number of hydrogen-bond acceptors (Lipinski definition) is 4. The van der Waals surface area contributed by atoms with Gasteiger partial charge < -0.3 is 16.0 Å². The molecule has 15 heavy (non-hydrogen) atoms. The Kier molecular flexibility index (Phi) is 3.84. The van der Waals surface area contributed by atoms with Gasteiger partial charge in [0.05, 0.1) is 0 Å². The fraction of sp³-hybridized carbons (Fsp3) is 0.444. The average molecular weight is 210 g/mol. The first kappa shape index (κ1) is 11.2. The van der Waals surface area contributed by atoms with E-state index in [0.717, 1.165) is 0 Å². The number of amides is 1. The highest BCUT2D eigenvalue weighted by Gasteiger charge is 1.98. The molecule has 0 saturated heterocycles. The lowest BCUT2D eigenvalue weighted by Crippen LogP contribution is -2.15. The fourth-order valence-corrected chi connectivity index (χ4v) is 1.15. The number of aryl methyl sites for hydroxylation is 1. The third-order valence-corrected chi connectivity index (χ3v) is 1.77. The second-order valence-electron chi connectivity index (χ2n) is 3.21. The molecule has 1 aromatic rings. The van der Waals surface area contributed by atoms with Crippen LogP contribution < -0.4 is 16.6 Å². The molecule has 0 aliphatic carbocycles. The van der Waals surface area contributed by atoms with E-state index in [2.05, 4.69) is 15.3 Å². The Morgan fingerprint density at radius 3 is 3.00 bits per heavy atom. The van der Waals surface area contributed by atoms with Gasteiger partial charge in [0, 0.05) is 19.0 Å². The molecule has 0 bridgehead atoms. The van der Waals surface area contributed by atoms with Gasteiger partial charge in [-0.05, 0) is 13.3 Å². The molecule has 1 aromatic heterocycles. The van der Waals surface area contributed by atoms with Gasteiger partial charge in [-0.2, -0.15) is 0 Å². The molecule has 4 N–H and O–H groups in total. The Balaban J connectivity index is 2.44. The number of carbonyl (C=O) groups excluding carboxylic acids is 1. The SMILES string of the molecule is Cc1nc(NCCCC(N)=O)cc(=O)[nH]1. The molecule has 6 nitrogen and oxygen atoms in total. The van der Waals surface area contributed by atoms with Crippen LogP contribution in [-0.2, 0) is 4.79 Å². The third kappa shape index (κ3) is 4.26. The number of aromatic nitrogens is 2. The number of carbonyl (C=O) groups is 1. The highest BCUT2D eigenvalue weighted by Crippen LogP contribution is 1.98. The first-order chi connectivity index (χ1) is 7.08. The highest BCUT2D eigenvalue weighted by molar-refractivity contribution is 5.73. The van der Waals surface area contributed by atoms with Gasteiger partial charge in [-0.15, -0.1) is 0 Å². The van der Waals surface area contributed by atoms with E-state index in [1.54, 1.807) is 6.92 Å². The lowest BCUT2D eigenvalue weighted by molar-refractivity contribution is -0.118. The number of primary amides is 1. The van der Waals surface area contributed by atoms with E-state index in [1.165, 1.54) is 6.07 Å². The molecule has 1 amide bonds. The van der Waals surface area contributed by atoms with Gasteiger partial charge in [-0.1, -0.05) is 0 Å². The molecule has 82 valence electrons. The van der Waals surface area contributed by atoms with Gasteiger partial charge in [0.15, 0.2) is 0 Å².